The lowest BCUT2D eigenvalue weighted by atomic mass is 9.98. The predicted molar refractivity (Wildman–Crippen MR) is 175 cm³/mol. The smallest absolute Gasteiger partial charge is 0.0838 e. The molecule has 1 aliphatic heterocycles. The Morgan fingerprint density at radius 2 is 1.26 bits per heavy atom. The van der Waals surface area contributed by atoms with E-state index >= 15 is 0 Å². The zero-order valence-electron chi connectivity index (χ0n) is 25.2. The van der Waals surface area contributed by atoms with Gasteiger partial charge in [-0.2, -0.15) is 11.8 Å². The van der Waals surface area contributed by atoms with E-state index in [1.54, 1.807) is 0 Å². The average molecular weight is 591 g/mol. The number of hydrogen-bond donors (Lipinski definition) is 1. The Morgan fingerprint density at radius 3 is 1.88 bits per heavy atom. The van der Waals surface area contributed by atoms with Gasteiger partial charge in [-0.1, -0.05) is 110 Å². The number of unbranched alkanes of at least 4 members (excludes halogenated alkanes) is 1. The van der Waals surface area contributed by atoms with Crippen molar-refractivity contribution in [1.29, 1.82) is 0 Å². The zero-order chi connectivity index (χ0) is 29.1. The van der Waals surface area contributed by atoms with E-state index in [-0.39, 0.29) is 12.2 Å². The Kier molecular flexibility index (Phi) is 15.5. The molecule has 0 amide bonds. The lowest BCUT2D eigenvalue weighted by molar-refractivity contribution is -0.0549. The summed E-state index contributed by atoms with van der Waals surface area (Å²) in [5.74, 6) is 1.26. The summed E-state index contributed by atoms with van der Waals surface area (Å²) in [6.07, 6.45) is 10.2. The quantitative estimate of drug-likeness (QED) is 0.133. The molecule has 0 saturated carbocycles. The molecule has 3 aromatic rings. The highest BCUT2D eigenvalue weighted by Gasteiger charge is 2.23. The summed E-state index contributed by atoms with van der Waals surface area (Å²) in [7, 11) is 0. The van der Waals surface area contributed by atoms with Crippen LogP contribution in [0.15, 0.2) is 91.0 Å². The van der Waals surface area contributed by atoms with Gasteiger partial charge in [0.25, 0.3) is 0 Å². The van der Waals surface area contributed by atoms with Crippen LogP contribution < -0.4 is 0 Å². The first-order valence-corrected chi connectivity index (χ1v) is 17.0. The van der Waals surface area contributed by atoms with Gasteiger partial charge in [0.1, 0.15) is 0 Å². The van der Waals surface area contributed by atoms with Gasteiger partial charge in [0.15, 0.2) is 0 Å². The van der Waals surface area contributed by atoms with Gasteiger partial charge < -0.3 is 19.3 Å². The minimum absolute atomic E-state index is 0.137. The Hall–Kier alpha value is -2.15. The van der Waals surface area contributed by atoms with Crippen molar-refractivity contribution in [2.24, 2.45) is 0 Å². The number of thioether (sulfide) groups is 1. The normalized spacial score (nSPS) is 17.5. The molecule has 1 aliphatic rings. The molecular formula is C37H50O4S. The molecule has 1 heterocycles. The first-order valence-electron chi connectivity index (χ1n) is 16.0. The van der Waals surface area contributed by atoms with Crippen LogP contribution in [0.25, 0.3) is 0 Å². The van der Waals surface area contributed by atoms with E-state index < -0.39 is 6.10 Å². The summed E-state index contributed by atoms with van der Waals surface area (Å²) in [4.78, 5) is 0. The van der Waals surface area contributed by atoms with Crippen molar-refractivity contribution in [1.82, 2.24) is 0 Å². The van der Waals surface area contributed by atoms with Crippen molar-refractivity contribution in [2.45, 2.75) is 108 Å². The van der Waals surface area contributed by atoms with Gasteiger partial charge in [0.2, 0.25) is 0 Å². The molecular weight excluding hydrogens is 540 g/mol. The summed E-state index contributed by atoms with van der Waals surface area (Å²) in [6, 6.07) is 31.0. The van der Waals surface area contributed by atoms with Crippen LogP contribution in [-0.2, 0) is 34.0 Å². The highest BCUT2D eigenvalue weighted by molar-refractivity contribution is 7.99. The van der Waals surface area contributed by atoms with Crippen molar-refractivity contribution in [3.05, 3.63) is 108 Å². The minimum atomic E-state index is -0.423. The Morgan fingerprint density at radius 1 is 0.667 bits per heavy atom. The molecule has 1 saturated heterocycles. The van der Waals surface area contributed by atoms with E-state index in [0.29, 0.717) is 31.7 Å². The van der Waals surface area contributed by atoms with Crippen LogP contribution in [0.5, 0.6) is 0 Å². The molecule has 3 aromatic carbocycles. The molecule has 5 heteroatoms. The maximum absolute atomic E-state index is 11.2. The second-order valence-electron chi connectivity index (χ2n) is 11.5. The third-order valence-electron chi connectivity index (χ3n) is 8.08. The van der Waals surface area contributed by atoms with E-state index in [1.807, 2.05) is 42.5 Å². The van der Waals surface area contributed by atoms with Gasteiger partial charge in [-0.15, -0.1) is 0 Å². The fraction of sp³-hybridized carbons (Fsp3) is 0.514. The predicted octanol–water partition coefficient (Wildman–Crippen LogP) is 8.75. The van der Waals surface area contributed by atoms with Gasteiger partial charge in [0.05, 0.1) is 38.1 Å². The van der Waals surface area contributed by atoms with Crippen LogP contribution in [0.4, 0.5) is 0 Å². The van der Waals surface area contributed by atoms with Crippen molar-refractivity contribution < 1.29 is 19.3 Å². The molecule has 0 radical (unpaired) electrons. The number of rotatable bonds is 20. The largest absolute Gasteiger partial charge is 0.390 e. The van der Waals surface area contributed by atoms with Crippen LogP contribution in [0, 0.1) is 0 Å². The molecule has 1 unspecified atom stereocenters. The molecule has 4 rings (SSSR count). The monoisotopic (exact) mass is 590 g/mol. The highest BCUT2D eigenvalue weighted by Crippen LogP contribution is 2.30. The molecule has 0 aliphatic carbocycles. The third kappa shape index (κ3) is 13.0. The number of hydrogen-bond acceptors (Lipinski definition) is 5. The molecule has 4 nitrogen and oxygen atoms in total. The summed E-state index contributed by atoms with van der Waals surface area (Å²) in [5, 5.41) is 11.9. The Balaban J connectivity index is 1.24. The first-order chi connectivity index (χ1) is 20.8. The molecule has 0 spiro atoms. The number of aliphatic hydroxyl groups excluding tert-OH is 1. The fourth-order valence-electron chi connectivity index (χ4n) is 5.54. The number of aliphatic hydroxyl groups is 1. The Bertz CT molecular complexity index is 1060. The van der Waals surface area contributed by atoms with Crippen molar-refractivity contribution >= 4 is 11.8 Å². The van der Waals surface area contributed by atoms with Gasteiger partial charge in [-0.05, 0) is 67.4 Å². The molecule has 0 aromatic heterocycles. The minimum Gasteiger partial charge on any atom is -0.390 e. The summed E-state index contributed by atoms with van der Waals surface area (Å²) >= 11 is 2.09. The van der Waals surface area contributed by atoms with Crippen LogP contribution in [0.2, 0.25) is 0 Å². The summed E-state index contributed by atoms with van der Waals surface area (Å²) < 4.78 is 18.7. The van der Waals surface area contributed by atoms with Gasteiger partial charge in [0, 0.05) is 11.9 Å². The lowest BCUT2D eigenvalue weighted by Gasteiger charge is -2.27. The maximum Gasteiger partial charge on any atom is 0.0838 e. The van der Waals surface area contributed by atoms with Crippen LogP contribution in [0.1, 0.15) is 80.9 Å². The van der Waals surface area contributed by atoms with Gasteiger partial charge in [-0.25, -0.2) is 0 Å². The number of benzene rings is 3. The van der Waals surface area contributed by atoms with E-state index in [1.165, 1.54) is 36.1 Å². The van der Waals surface area contributed by atoms with E-state index in [9.17, 15) is 5.11 Å². The van der Waals surface area contributed by atoms with Crippen molar-refractivity contribution in [2.75, 3.05) is 12.4 Å². The van der Waals surface area contributed by atoms with Crippen LogP contribution >= 0.6 is 11.8 Å². The second kappa shape index (κ2) is 19.9. The van der Waals surface area contributed by atoms with E-state index in [0.717, 1.165) is 50.5 Å². The highest BCUT2D eigenvalue weighted by atomic mass is 32.2. The molecule has 42 heavy (non-hydrogen) atoms. The number of ether oxygens (including phenoxy) is 3. The van der Waals surface area contributed by atoms with Crippen molar-refractivity contribution in [3.8, 4) is 0 Å². The fourth-order valence-corrected chi connectivity index (χ4v) is 6.88. The summed E-state index contributed by atoms with van der Waals surface area (Å²) in [6.45, 7) is 2.46. The van der Waals surface area contributed by atoms with Crippen LogP contribution in [0.3, 0.4) is 0 Å². The molecule has 4 atom stereocenters. The van der Waals surface area contributed by atoms with E-state index in [2.05, 4.69) is 60.3 Å². The third-order valence-corrected chi connectivity index (χ3v) is 9.55. The van der Waals surface area contributed by atoms with Gasteiger partial charge >= 0.3 is 0 Å². The average Bonchev–Trinajstić information content (AvgIpc) is 3.05. The standard InChI is InChI=1S/C37H50O4S/c38-36(24-23-35-21-12-13-27-42-35)37(41-30-33-18-8-3-9-19-33)22-11-10-20-34(40-29-32-16-6-2-7-17-32)25-26-39-28-31-14-4-1-5-15-31/h1-9,14-19,34-38H,10-13,20-30H2/t34-,35?,36+,37+/m0/s1. The van der Waals surface area contributed by atoms with Gasteiger partial charge in [-0.3, -0.25) is 0 Å². The Labute approximate surface area is 258 Å². The van der Waals surface area contributed by atoms with Crippen LogP contribution in [-0.4, -0.2) is 41.0 Å². The topological polar surface area (TPSA) is 47.9 Å². The van der Waals surface area contributed by atoms with E-state index in [4.69, 9.17) is 14.2 Å². The molecule has 228 valence electrons. The van der Waals surface area contributed by atoms with Crippen molar-refractivity contribution in [3.63, 3.8) is 0 Å². The lowest BCUT2D eigenvalue weighted by Crippen LogP contribution is -2.30. The second-order valence-corrected chi connectivity index (χ2v) is 12.9. The zero-order valence-corrected chi connectivity index (χ0v) is 26.0. The molecule has 1 N–H and O–H groups in total. The maximum atomic E-state index is 11.2. The summed E-state index contributed by atoms with van der Waals surface area (Å²) in [5.41, 5.74) is 3.55. The molecule has 0 bridgehead atoms. The molecule has 1 fully saturated rings. The first kappa shape index (κ1) is 32.8. The SMILES string of the molecule is O[C@H](CCC1CCCCS1)[C@@H](CCCC[C@@H](CCOCc1ccccc1)OCc1ccccc1)OCc1ccccc1.